The van der Waals surface area contributed by atoms with Crippen molar-refractivity contribution in [1.29, 1.82) is 0 Å². The predicted octanol–water partition coefficient (Wildman–Crippen LogP) is 4.56. The maximum Gasteiger partial charge on any atom is 0.433 e. The third-order valence-corrected chi connectivity index (χ3v) is 6.45. The molecule has 0 saturated heterocycles. The first-order valence-electron chi connectivity index (χ1n) is 8.97. The van der Waals surface area contributed by atoms with Gasteiger partial charge in [-0.2, -0.15) is 13.2 Å². The Morgan fingerprint density at radius 1 is 0.967 bits per heavy atom. The molecule has 0 unspecified atom stereocenters. The minimum absolute atomic E-state index is 0.0571. The molecule has 0 spiro atoms. The molecule has 1 aliphatic heterocycles. The van der Waals surface area contributed by atoms with Crippen molar-refractivity contribution in [2.75, 3.05) is 9.62 Å². The van der Waals surface area contributed by atoms with Crippen LogP contribution in [-0.4, -0.2) is 18.4 Å². The van der Waals surface area contributed by atoms with Gasteiger partial charge in [-0.3, -0.25) is 0 Å². The number of hydrogen-bond donors (Lipinski definition) is 1. The summed E-state index contributed by atoms with van der Waals surface area (Å²) in [5.74, 6) is 0.0421. The van der Waals surface area contributed by atoms with E-state index < -0.39 is 21.9 Å². The number of aromatic nitrogens is 2. The lowest BCUT2D eigenvalue weighted by Crippen LogP contribution is -2.31. The number of fused-ring (bicyclic) bond motifs is 2. The number of sulfonamides is 1. The summed E-state index contributed by atoms with van der Waals surface area (Å²) >= 11 is 0. The number of nitrogens with zero attached hydrogens (tertiary/aromatic N) is 3. The summed E-state index contributed by atoms with van der Waals surface area (Å²) in [4.78, 5) is 8.10. The molecule has 2 aromatic heterocycles. The van der Waals surface area contributed by atoms with Crippen LogP contribution >= 0.6 is 0 Å². The van der Waals surface area contributed by atoms with Gasteiger partial charge in [0.05, 0.1) is 17.1 Å². The molecule has 0 saturated carbocycles. The molecule has 30 heavy (non-hydrogen) atoms. The summed E-state index contributed by atoms with van der Waals surface area (Å²) < 4.78 is 67.3. The predicted molar refractivity (Wildman–Crippen MR) is 106 cm³/mol. The van der Waals surface area contributed by atoms with Crippen LogP contribution in [0, 0.1) is 13.8 Å². The first-order valence-corrected chi connectivity index (χ1v) is 10.4. The van der Waals surface area contributed by atoms with Gasteiger partial charge in [-0.1, -0.05) is 23.8 Å². The maximum absolute atomic E-state index is 13.4. The van der Waals surface area contributed by atoms with E-state index in [1.165, 1.54) is 18.2 Å². The third kappa shape index (κ3) is 3.58. The fourth-order valence-corrected chi connectivity index (χ4v) is 4.52. The normalized spacial score (nSPS) is 13.8. The van der Waals surface area contributed by atoms with Crippen molar-refractivity contribution >= 4 is 27.3 Å². The number of alkyl halides is 3. The van der Waals surface area contributed by atoms with Gasteiger partial charge < -0.3 is 5.32 Å². The summed E-state index contributed by atoms with van der Waals surface area (Å²) in [7, 11) is -4.03. The molecule has 0 atom stereocenters. The van der Waals surface area contributed by atoms with E-state index in [1.807, 2.05) is 6.92 Å². The van der Waals surface area contributed by atoms with Crippen LogP contribution in [0.4, 0.5) is 30.5 Å². The third-order valence-electron chi connectivity index (χ3n) is 4.70. The molecular formula is C20H17F3N4O2S. The van der Waals surface area contributed by atoms with Gasteiger partial charge in [0, 0.05) is 11.3 Å². The average molecular weight is 434 g/mol. The van der Waals surface area contributed by atoms with Crippen molar-refractivity contribution in [3.8, 4) is 0 Å². The number of benzene rings is 1. The molecule has 0 amide bonds. The van der Waals surface area contributed by atoms with Gasteiger partial charge in [0.1, 0.15) is 11.5 Å². The largest absolute Gasteiger partial charge is 0.433 e. The lowest BCUT2D eigenvalue weighted by atomic mass is 10.2. The summed E-state index contributed by atoms with van der Waals surface area (Å²) in [5.41, 5.74) is 0.950. The second kappa shape index (κ2) is 6.98. The van der Waals surface area contributed by atoms with E-state index in [9.17, 15) is 21.6 Å². The number of hydrogen-bond acceptors (Lipinski definition) is 5. The monoisotopic (exact) mass is 434 g/mol. The maximum atomic E-state index is 13.4. The number of anilines is 3. The molecule has 0 aliphatic carbocycles. The van der Waals surface area contributed by atoms with Gasteiger partial charge in [0.25, 0.3) is 10.0 Å². The van der Waals surface area contributed by atoms with E-state index in [2.05, 4.69) is 15.3 Å². The first-order chi connectivity index (χ1) is 14.1. The van der Waals surface area contributed by atoms with Gasteiger partial charge >= 0.3 is 6.18 Å². The second-order valence-electron chi connectivity index (χ2n) is 6.98. The van der Waals surface area contributed by atoms with Crippen molar-refractivity contribution in [3.05, 3.63) is 71.0 Å². The molecule has 4 rings (SSSR count). The molecule has 3 heterocycles. The lowest BCUT2D eigenvalue weighted by molar-refractivity contribution is -0.141. The minimum atomic E-state index is -4.62. The highest BCUT2D eigenvalue weighted by molar-refractivity contribution is 7.92. The number of nitrogens with one attached hydrogen (secondary N) is 1. The number of aryl methyl sites for hydroxylation is 2. The average Bonchev–Trinajstić information content (AvgIpc) is 2.84. The highest BCUT2D eigenvalue weighted by Gasteiger charge is 2.36. The molecule has 0 radical (unpaired) electrons. The highest BCUT2D eigenvalue weighted by Crippen LogP contribution is 2.38. The van der Waals surface area contributed by atoms with Crippen LogP contribution < -0.4 is 9.62 Å². The van der Waals surface area contributed by atoms with Crippen molar-refractivity contribution in [1.82, 2.24) is 9.97 Å². The molecule has 1 aliphatic rings. The van der Waals surface area contributed by atoms with E-state index in [1.54, 1.807) is 31.2 Å². The van der Waals surface area contributed by atoms with Crippen LogP contribution in [0.5, 0.6) is 0 Å². The Labute approximate surface area is 171 Å². The van der Waals surface area contributed by atoms with E-state index >= 15 is 0 Å². The Kier molecular flexibility index (Phi) is 4.69. The molecule has 6 nitrogen and oxygen atoms in total. The molecule has 0 fully saturated rings. The van der Waals surface area contributed by atoms with Gasteiger partial charge in [0.2, 0.25) is 0 Å². The zero-order chi connectivity index (χ0) is 21.7. The van der Waals surface area contributed by atoms with Crippen molar-refractivity contribution in [2.24, 2.45) is 0 Å². The molecule has 1 aromatic carbocycles. The fraction of sp³-hybridized carbons (Fsp3) is 0.200. The zero-order valence-corrected chi connectivity index (χ0v) is 16.8. The van der Waals surface area contributed by atoms with Gasteiger partial charge in [-0.15, -0.1) is 0 Å². The Morgan fingerprint density at radius 2 is 1.67 bits per heavy atom. The Hall–Kier alpha value is -3.14. The van der Waals surface area contributed by atoms with E-state index in [0.717, 1.165) is 15.9 Å². The van der Waals surface area contributed by atoms with Gasteiger partial charge in [-0.05, 0) is 44.2 Å². The Balaban J connectivity index is 1.89. The zero-order valence-electron chi connectivity index (χ0n) is 16.0. The van der Waals surface area contributed by atoms with E-state index in [4.69, 9.17) is 0 Å². The quantitative estimate of drug-likeness (QED) is 0.640. The molecule has 0 bridgehead atoms. The fourth-order valence-electron chi connectivity index (χ4n) is 3.11. The second-order valence-corrected chi connectivity index (χ2v) is 8.84. The summed E-state index contributed by atoms with van der Waals surface area (Å²) in [6.07, 6.45) is -4.62. The van der Waals surface area contributed by atoms with Gasteiger partial charge in [0.15, 0.2) is 5.82 Å². The Bertz CT molecular complexity index is 1230. The number of pyridine rings is 2. The summed E-state index contributed by atoms with van der Waals surface area (Å²) in [5, 5.41) is 2.83. The molecule has 10 heteroatoms. The van der Waals surface area contributed by atoms with Crippen molar-refractivity contribution in [2.45, 2.75) is 31.5 Å². The van der Waals surface area contributed by atoms with Crippen molar-refractivity contribution in [3.63, 3.8) is 0 Å². The SMILES string of the molecule is Cc1ccc(S(=O)(=O)N2Cc3ccc(C(F)(F)F)nc3Nc3ccc(C)nc32)cc1. The summed E-state index contributed by atoms with van der Waals surface area (Å²) in [6, 6.07) is 11.6. The van der Waals surface area contributed by atoms with Crippen LogP contribution in [0.3, 0.4) is 0 Å². The molecule has 3 aromatic rings. The number of halogens is 3. The van der Waals surface area contributed by atoms with Crippen LogP contribution in [0.25, 0.3) is 0 Å². The molecule has 1 N–H and O–H groups in total. The smallest absolute Gasteiger partial charge is 0.337 e. The van der Waals surface area contributed by atoms with Crippen LogP contribution in [0.15, 0.2) is 53.4 Å². The number of rotatable bonds is 2. The summed E-state index contributed by atoms with van der Waals surface area (Å²) in [6.45, 7) is 3.33. The van der Waals surface area contributed by atoms with Crippen LogP contribution in [-0.2, 0) is 22.7 Å². The Morgan fingerprint density at radius 3 is 2.33 bits per heavy atom. The van der Waals surface area contributed by atoms with Gasteiger partial charge in [-0.25, -0.2) is 22.7 Å². The minimum Gasteiger partial charge on any atom is -0.337 e. The van der Waals surface area contributed by atoms with Crippen LogP contribution in [0.1, 0.15) is 22.5 Å². The lowest BCUT2D eigenvalue weighted by Gasteiger charge is -2.23. The molecular weight excluding hydrogens is 417 g/mol. The van der Waals surface area contributed by atoms with E-state index in [-0.39, 0.29) is 28.8 Å². The topological polar surface area (TPSA) is 75.2 Å². The van der Waals surface area contributed by atoms with Crippen LogP contribution in [0.2, 0.25) is 0 Å². The standard InChI is InChI=1S/C20H17F3N4O2S/c1-12-3-7-15(8-4-12)30(28,29)27-11-14-6-10-17(20(21,22)23)26-18(14)25-16-9-5-13(2)24-19(16)27/h3-10H,11H2,1-2H3,(H,25,26). The van der Waals surface area contributed by atoms with Crippen molar-refractivity contribution < 1.29 is 21.6 Å². The molecule has 156 valence electrons. The highest BCUT2D eigenvalue weighted by atomic mass is 32.2. The van der Waals surface area contributed by atoms with E-state index in [0.29, 0.717) is 11.3 Å². The first kappa shape index (κ1) is 20.1.